The van der Waals surface area contributed by atoms with E-state index in [-0.39, 0.29) is 15.5 Å². The molecule has 0 saturated heterocycles. The van der Waals surface area contributed by atoms with E-state index < -0.39 is 0 Å². The highest BCUT2D eigenvalue weighted by molar-refractivity contribution is 7.10. The van der Waals surface area contributed by atoms with Crippen molar-refractivity contribution in [1.82, 2.24) is 0 Å². The van der Waals surface area contributed by atoms with Gasteiger partial charge >= 0.3 is 0 Å². The van der Waals surface area contributed by atoms with Gasteiger partial charge in [-0.1, -0.05) is 26.2 Å². The van der Waals surface area contributed by atoms with Crippen molar-refractivity contribution in [2.75, 3.05) is 0 Å². The smallest absolute Gasteiger partial charge is 0.120 e. The first kappa shape index (κ1) is 17.3. The van der Waals surface area contributed by atoms with Crippen LogP contribution >= 0.6 is 18.9 Å². The molecule has 5 heteroatoms. The average molecular weight is 348 g/mol. The molecule has 0 aliphatic heterocycles. The lowest BCUT2D eigenvalue weighted by molar-refractivity contribution is -0.109. The van der Waals surface area contributed by atoms with Crippen LogP contribution in [0.2, 0.25) is 0 Å². The van der Waals surface area contributed by atoms with E-state index in [9.17, 15) is 4.79 Å². The van der Waals surface area contributed by atoms with Crippen LogP contribution in [0.25, 0.3) is 0 Å². The molecule has 22 heavy (non-hydrogen) atoms. The van der Waals surface area contributed by atoms with Gasteiger partial charge in [-0.05, 0) is 55.8 Å². The summed E-state index contributed by atoms with van der Waals surface area (Å²) in [6, 6.07) is 0. The summed E-state index contributed by atoms with van der Waals surface area (Å²) >= 11 is 0. The summed E-state index contributed by atoms with van der Waals surface area (Å²) in [5.74, 6) is 2.00. The quantitative estimate of drug-likeness (QED) is 0.453. The minimum Gasteiger partial charge on any atom is -0.362 e. The lowest BCUT2D eigenvalue weighted by atomic mass is 9.80. The van der Waals surface area contributed by atoms with Gasteiger partial charge in [0.1, 0.15) is 6.29 Å². The first-order valence-electron chi connectivity index (χ1n) is 9.32. The second-order valence-electron chi connectivity index (χ2n) is 7.25. The van der Waals surface area contributed by atoms with E-state index in [4.69, 9.17) is 10.3 Å². The molecule has 0 aromatic heterocycles. The summed E-state index contributed by atoms with van der Waals surface area (Å²) in [6.07, 6.45) is 11.8. The fourth-order valence-corrected chi connectivity index (χ4v) is 5.37. The van der Waals surface area contributed by atoms with Gasteiger partial charge in [0.2, 0.25) is 0 Å². The van der Waals surface area contributed by atoms with E-state index in [1.807, 2.05) is 0 Å². The molecular formula is C17H32O3P2. The van der Waals surface area contributed by atoms with Crippen LogP contribution in [-0.4, -0.2) is 19.8 Å². The summed E-state index contributed by atoms with van der Waals surface area (Å²) in [5.41, 5.74) is 0. The van der Waals surface area contributed by atoms with Crippen molar-refractivity contribution in [3.63, 3.8) is 0 Å². The zero-order chi connectivity index (χ0) is 16.7. The van der Waals surface area contributed by atoms with Crippen molar-refractivity contribution in [2.45, 2.75) is 76.9 Å². The van der Waals surface area contributed by atoms with Crippen LogP contribution in [0, 0.1) is 23.7 Å². The van der Waals surface area contributed by atoms with Gasteiger partial charge in [0.25, 0.3) is 0 Å². The third kappa shape index (κ3) is 4.73. The zero-order valence-corrected chi connectivity index (χ0v) is 15.9. The Kier molecular flexibility index (Phi) is 7.60. The number of carbonyl (C=O) groups is 1. The van der Waals surface area contributed by atoms with Crippen LogP contribution in [0.5, 0.6) is 0 Å². The Morgan fingerprint density at radius 2 is 2.09 bits per heavy atom. The third-order valence-corrected chi connectivity index (χ3v) is 6.67. The molecule has 3 nitrogen and oxygen atoms in total. The van der Waals surface area contributed by atoms with E-state index in [1.54, 1.807) is 0 Å². The lowest BCUT2D eigenvalue weighted by Crippen LogP contribution is -2.27. The highest BCUT2D eigenvalue weighted by Crippen LogP contribution is 2.44. The molecule has 0 spiro atoms. The molecule has 2 fully saturated rings. The Morgan fingerprint density at radius 1 is 1.32 bits per heavy atom. The summed E-state index contributed by atoms with van der Waals surface area (Å²) in [4.78, 5) is 11.1. The fraction of sp³-hybridized carbons (Fsp3) is 0.941. The summed E-state index contributed by atoms with van der Waals surface area (Å²) in [7, 11) is 2.26. The van der Waals surface area contributed by atoms with Crippen molar-refractivity contribution in [3.8, 4) is 0 Å². The summed E-state index contributed by atoms with van der Waals surface area (Å²) < 4.78 is 18.9. The largest absolute Gasteiger partial charge is 0.362 e. The Balaban J connectivity index is 1.94. The van der Waals surface area contributed by atoms with Gasteiger partial charge in [0.05, 0.1) is 13.5 Å². The van der Waals surface area contributed by atoms with Gasteiger partial charge in [-0.2, -0.15) is 0 Å². The molecule has 0 amide bonds. The van der Waals surface area contributed by atoms with Gasteiger partial charge in [-0.25, -0.2) is 0 Å². The molecule has 128 valence electrons. The minimum atomic E-state index is -0.211. The molecule has 0 aromatic carbocycles. The molecule has 7 atom stereocenters. The molecule has 0 bridgehead atoms. The average Bonchev–Trinajstić information content (AvgIpc) is 2.85. The third-order valence-electron chi connectivity index (χ3n) is 6.02. The predicted octanol–water partition coefficient (Wildman–Crippen LogP) is 4.56. The summed E-state index contributed by atoms with van der Waals surface area (Å²) in [5, 5.41) is 0. The van der Waals surface area contributed by atoms with Crippen molar-refractivity contribution in [3.05, 3.63) is 0 Å². The number of rotatable bonds is 9. The first-order valence-corrected chi connectivity index (χ1v) is 9.70. The van der Waals surface area contributed by atoms with Crippen molar-refractivity contribution in [2.24, 2.45) is 23.7 Å². The predicted molar refractivity (Wildman–Crippen MR) is 96.4 cm³/mol. The maximum Gasteiger partial charge on any atom is 0.120 e. The van der Waals surface area contributed by atoms with Crippen LogP contribution in [0.15, 0.2) is 0 Å². The SMILES string of the molecule is [3H]PO[C@@H]1C[C@H](C)[C@H](CC=O)[C@H]1CC[C@H](OP)C1CCCCC1. The number of aldehydes is 1. The van der Waals surface area contributed by atoms with E-state index in [0.29, 0.717) is 36.2 Å². The molecule has 0 radical (unpaired) electrons. The van der Waals surface area contributed by atoms with Crippen LogP contribution in [-0.2, 0) is 13.8 Å². The number of hydrogen-bond acceptors (Lipinski definition) is 3. The van der Waals surface area contributed by atoms with E-state index >= 15 is 0 Å². The van der Waals surface area contributed by atoms with Crippen LogP contribution in [0.4, 0.5) is 0 Å². The van der Waals surface area contributed by atoms with Gasteiger partial charge in [-0.3, -0.25) is 0 Å². The molecule has 0 aromatic rings. The van der Waals surface area contributed by atoms with Crippen LogP contribution in [0.3, 0.4) is 0 Å². The first-order chi connectivity index (χ1) is 11.2. The fourth-order valence-electron chi connectivity index (χ4n) is 4.74. The summed E-state index contributed by atoms with van der Waals surface area (Å²) in [6.45, 7) is 2.22. The van der Waals surface area contributed by atoms with Gasteiger partial charge < -0.3 is 13.8 Å². The maximum absolute atomic E-state index is 11.1. The standard InChI is InChI=1S/C17H32O3P2/c1-12-11-17(20-22)15(14(12)9-10-18)7-8-16(19-21)13-5-3-2-4-6-13/h10,12-17H,2-9,11,21-22H2,1H3/t12-,14-,15+,16-,17+/m0/s1/i22T/t12-,14-,15+,16-,17+,22?. The molecule has 0 N–H and O–H groups in total. The lowest BCUT2D eigenvalue weighted by Gasteiger charge is -2.31. The second-order valence-corrected chi connectivity index (χ2v) is 7.76. The van der Waals surface area contributed by atoms with E-state index in [2.05, 4.69) is 16.4 Å². The Morgan fingerprint density at radius 3 is 2.73 bits per heavy atom. The Labute approximate surface area is 141 Å². The maximum atomic E-state index is 11.1. The molecule has 2 unspecified atom stereocenters. The minimum absolute atomic E-state index is 0.155. The number of carbonyl (C=O) groups excluding carboxylic acids is 1. The van der Waals surface area contributed by atoms with Crippen molar-refractivity contribution >= 4 is 25.2 Å². The van der Waals surface area contributed by atoms with Crippen LogP contribution in [0.1, 0.15) is 64.7 Å². The van der Waals surface area contributed by atoms with Gasteiger partial charge in [0, 0.05) is 25.3 Å². The van der Waals surface area contributed by atoms with Crippen molar-refractivity contribution in [1.29, 1.82) is 1.28 Å². The molecule has 0 heterocycles. The normalized spacial score (nSPS) is 35.8. The van der Waals surface area contributed by atoms with Gasteiger partial charge in [0.15, 0.2) is 0 Å². The van der Waals surface area contributed by atoms with Crippen molar-refractivity contribution < 1.29 is 13.8 Å². The topological polar surface area (TPSA) is 35.5 Å². The Hall–Kier alpha value is 0.450. The monoisotopic (exact) mass is 348 g/mol. The highest BCUT2D eigenvalue weighted by Gasteiger charge is 2.41. The second kappa shape index (κ2) is 9.67. The highest BCUT2D eigenvalue weighted by atomic mass is 31.0. The van der Waals surface area contributed by atoms with E-state index in [0.717, 1.165) is 25.5 Å². The van der Waals surface area contributed by atoms with Gasteiger partial charge in [-0.15, -0.1) is 0 Å². The molecular weight excluding hydrogens is 314 g/mol. The molecule has 2 rings (SSSR count). The Bertz CT molecular complexity index is 353. The number of hydrogen-bond donors (Lipinski definition) is 0. The van der Waals surface area contributed by atoms with E-state index in [1.165, 1.54) is 32.1 Å². The molecule has 2 saturated carbocycles. The molecule has 2 aliphatic carbocycles. The zero-order valence-electron chi connectivity index (χ0n) is 14.7. The van der Waals surface area contributed by atoms with Crippen LogP contribution < -0.4 is 0 Å². The molecule has 2 aliphatic rings.